The summed E-state index contributed by atoms with van der Waals surface area (Å²) in [5.41, 5.74) is 0.659. The average Bonchev–Trinajstić information content (AvgIpc) is 3.11. The number of anilines is 1. The van der Waals surface area contributed by atoms with Gasteiger partial charge in [-0.1, -0.05) is 23.2 Å². The maximum atomic E-state index is 12.2. The van der Waals surface area contributed by atoms with Crippen LogP contribution in [0.15, 0.2) is 23.8 Å². The minimum Gasteiger partial charge on any atom is -0.322 e. The third-order valence-corrected chi connectivity index (χ3v) is 4.62. The van der Waals surface area contributed by atoms with Crippen LogP contribution < -0.4 is 5.32 Å². The molecule has 0 unspecified atom stereocenters. The summed E-state index contributed by atoms with van der Waals surface area (Å²) in [6.07, 6.45) is 4.25. The van der Waals surface area contributed by atoms with Crippen molar-refractivity contribution in [1.29, 1.82) is 0 Å². The van der Waals surface area contributed by atoms with E-state index >= 15 is 0 Å². The number of hydrogen-bond donors (Lipinski definition) is 1. The van der Waals surface area contributed by atoms with E-state index in [2.05, 4.69) is 10.4 Å². The van der Waals surface area contributed by atoms with Crippen LogP contribution in [-0.4, -0.2) is 33.8 Å². The van der Waals surface area contributed by atoms with Crippen LogP contribution in [0.4, 0.5) is 10.5 Å². The summed E-state index contributed by atoms with van der Waals surface area (Å²) in [6.45, 7) is 1.31. The van der Waals surface area contributed by atoms with Crippen LogP contribution in [0.5, 0.6) is 0 Å². The Hall–Kier alpha value is -1.24. The Labute approximate surface area is 130 Å². The number of thiophene rings is 1. The van der Waals surface area contributed by atoms with Crippen molar-refractivity contribution in [2.24, 2.45) is 0 Å². The number of rotatable bonds is 2. The number of nitrogens with zero attached hydrogens (tertiary/aromatic N) is 3. The van der Waals surface area contributed by atoms with Gasteiger partial charge in [-0.2, -0.15) is 5.10 Å². The number of nitrogens with one attached hydrogen (secondary N) is 1. The Morgan fingerprint density at radius 2 is 2.35 bits per heavy atom. The molecule has 0 aromatic carbocycles. The van der Waals surface area contributed by atoms with E-state index in [4.69, 9.17) is 23.2 Å². The van der Waals surface area contributed by atoms with Crippen molar-refractivity contribution in [2.75, 3.05) is 18.4 Å². The molecule has 2 amide bonds. The number of hydrogen-bond acceptors (Lipinski definition) is 3. The minimum atomic E-state index is -0.133. The van der Waals surface area contributed by atoms with Crippen molar-refractivity contribution in [3.05, 3.63) is 33.2 Å². The summed E-state index contributed by atoms with van der Waals surface area (Å²) in [4.78, 5) is 13.9. The number of carbonyl (C=O) groups excluding carboxylic acids is 1. The SMILES string of the molecule is O=C(Nc1ccsc1Cl)N1CC[C@@H](n2cc(Cl)cn2)C1. The summed E-state index contributed by atoms with van der Waals surface area (Å²) in [5, 5.41) is 9.46. The van der Waals surface area contributed by atoms with E-state index < -0.39 is 0 Å². The predicted molar refractivity (Wildman–Crippen MR) is 80.8 cm³/mol. The summed E-state index contributed by atoms with van der Waals surface area (Å²) in [6, 6.07) is 1.84. The van der Waals surface area contributed by atoms with Crippen molar-refractivity contribution in [1.82, 2.24) is 14.7 Å². The lowest BCUT2D eigenvalue weighted by atomic mass is 10.3. The molecule has 1 fully saturated rings. The molecule has 0 aliphatic carbocycles. The number of carbonyl (C=O) groups is 1. The highest BCUT2D eigenvalue weighted by atomic mass is 35.5. The van der Waals surface area contributed by atoms with E-state index in [-0.39, 0.29) is 12.1 Å². The molecule has 1 saturated heterocycles. The summed E-state index contributed by atoms with van der Waals surface area (Å²) in [7, 11) is 0. The van der Waals surface area contributed by atoms with Gasteiger partial charge in [0.05, 0.1) is 22.9 Å². The van der Waals surface area contributed by atoms with Crippen LogP contribution in [0.3, 0.4) is 0 Å². The van der Waals surface area contributed by atoms with Crippen LogP contribution in [0.2, 0.25) is 9.36 Å². The molecule has 3 heterocycles. The molecule has 20 heavy (non-hydrogen) atoms. The standard InChI is InChI=1S/C12H12Cl2N4OS/c13-8-5-15-18(6-8)9-1-3-17(7-9)12(19)16-10-2-4-20-11(10)14/h2,4-6,9H,1,3,7H2,(H,16,19)/t9-/m1/s1. The molecule has 0 radical (unpaired) electrons. The zero-order valence-electron chi connectivity index (χ0n) is 10.4. The molecule has 0 spiro atoms. The summed E-state index contributed by atoms with van der Waals surface area (Å²) in [5.74, 6) is 0. The van der Waals surface area contributed by atoms with Gasteiger partial charge in [0.25, 0.3) is 0 Å². The molecule has 3 rings (SSSR count). The second-order valence-electron chi connectivity index (χ2n) is 4.57. The van der Waals surface area contributed by atoms with E-state index in [0.717, 1.165) is 6.42 Å². The van der Waals surface area contributed by atoms with Gasteiger partial charge in [0, 0.05) is 19.3 Å². The molecule has 1 aliphatic heterocycles. The van der Waals surface area contributed by atoms with Gasteiger partial charge in [0.1, 0.15) is 4.34 Å². The van der Waals surface area contributed by atoms with Gasteiger partial charge in [-0.05, 0) is 17.9 Å². The highest BCUT2D eigenvalue weighted by Gasteiger charge is 2.28. The van der Waals surface area contributed by atoms with Crippen LogP contribution >= 0.6 is 34.5 Å². The van der Waals surface area contributed by atoms with Gasteiger partial charge < -0.3 is 10.2 Å². The van der Waals surface area contributed by atoms with Crippen LogP contribution in [0.1, 0.15) is 12.5 Å². The van der Waals surface area contributed by atoms with Crippen molar-refractivity contribution in [2.45, 2.75) is 12.5 Å². The van der Waals surface area contributed by atoms with E-state index in [1.54, 1.807) is 23.4 Å². The van der Waals surface area contributed by atoms with Crippen molar-refractivity contribution in [3.63, 3.8) is 0 Å². The van der Waals surface area contributed by atoms with Gasteiger partial charge in [-0.3, -0.25) is 4.68 Å². The molecule has 8 heteroatoms. The van der Waals surface area contributed by atoms with E-state index in [9.17, 15) is 4.79 Å². The largest absolute Gasteiger partial charge is 0.322 e. The number of urea groups is 1. The maximum Gasteiger partial charge on any atom is 0.321 e. The van der Waals surface area contributed by atoms with E-state index in [1.807, 2.05) is 10.1 Å². The van der Waals surface area contributed by atoms with Crippen molar-refractivity contribution >= 4 is 46.3 Å². The van der Waals surface area contributed by atoms with Gasteiger partial charge in [0.15, 0.2) is 0 Å². The van der Waals surface area contributed by atoms with Crippen LogP contribution in [0.25, 0.3) is 0 Å². The normalized spacial score (nSPS) is 18.5. The molecule has 2 aromatic heterocycles. The van der Waals surface area contributed by atoms with E-state index in [1.165, 1.54) is 11.3 Å². The second-order valence-corrected chi connectivity index (χ2v) is 6.52. The van der Waals surface area contributed by atoms with Crippen LogP contribution in [0, 0.1) is 0 Å². The Kier molecular flexibility index (Phi) is 3.87. The van der Waals surface area contributed by atoms with Gasteiger partial charge >= 0.3 is 6.03 Å². The first-order valence-electron chi connectivity index (χ1n) is 6.12. The zero-order chi connectivity index (χ0) is 14.1. The van der Waals surface area contributed by atoms with E-state index in [0.29, 0.717) is 28.1 Å². The Morgan fingerprint density at radius 1 is 1.50 bits per heavy atom. The molecular formula is C12H12Cl2N4OS. The van der Waals surface area contributed by atoms with Gasteiger partial charge in [-0.15, -0.1) is 11.3 Å². The molecule has 0 bridgehead atoms. The fourth-order valence-electron chi connectivity index (χ4n) is 2.23. The molecule has 1 N–H and O–H groups in total. The first-order chi connectivity index (χ1) is 9.63. The third kappa shape index (κ3) is 2.77. The predicted octanol–water partition coefficient (Wildman–Crippen LogP) is 3.73. The minimum absolute atomic E-state index is 0.133. The Balaban J connectivity index is 1.62. The molecule has 2 aromatic rings. The number of likely N-dealkylation sites (tertiary alicyclic amines) is 1. The molecular weight excluding hydrogens is 319 g/mol. The quantitative estimate of drug-likeness (QED) is 0.912. The summed E-state index contributed by atoms with van der Waals surface area (Å²) >= 11 is 13.2. The smallest absolute Gasteiger partial charge is 0.321 e. The molecule has 5 nitrogen and oxygen atoms in total. The maximum absolute atomic E-state index is 12.2. The lowest BCUT2D eigenvalue weighted by Gasteiger charge is -2.17. The van der Waals surface area contributed by atoms with Gasteiger partial charge in [-0.25, -0.2) is 4.79 Å². The molecule has 1 aliphatic rings. The Morgan fingerprint density at radius 3 is 3.00 bits per heavy atom. The fourth-order valence-corrected chi connectivity index (χ4v) is 3.21. The third-order valence-electron chi connectivity index (χ3n) is 3.25. The zero-order valence-corrected chi connectivity index (χ0v) is 12.8. The fraction of sp³-hybridized carbons (Fsp3) is 0.333. The topological polar surface area (TPSA) is 50.2 Å². The van der Waals surface area contributed by atoms with Gasteiger partial charge in [0.2, 0.25) is 0 Å². The first-order valence-corrected chi connectivity index (χ1v) is 7.75. The number of aromatic nitrogens is 2. The highest BCUT2D eigenvalue weighted by molar-refractivity contribution is 7.15. The van der Waals surface area contributed by atoms with Crippen LogP contribution in [-0.2, 0) is 0 Å². The second kappa shape index (κ2) is 5.63. The van der Waals surface area contributed by atoms with Crippen molar-refractivity contribution < 1.29 is 4.79 Å². The average molecular weight is 331 g/mol. The number of halogens is 2. The lowest BCUT2D eigenvalue weighted by Crippen LogP contribution is -2.33. The first kappa shape index (κ1) is 13.7. The summed E-state index contributed by atoms with van der Waals surface area (Å²) < 4.78 is 2.40. The monoisotopic (exact) mass is 330 g/mol. The number of amides is 2. The molecule has 1 atom stereocenters. The lowest BCUT2D eigenvalue weighted by molar-refractivity contribution is 0.220. The highest BCUT2D eigenvalue weighted by Crippen LogP contribution is 2.29. The van der Waals surface area contributed by atoms with Crippen molar-refractivity contribution in [3.8, 4) is 0 Å². The Bertz CT molecular complexity index is 627. The molecule has 106 valence electrons. The molecule has 0 saturated carbocycles.